The van der Waals surface area contributed by atoms with E-state index < -0.39 is 0 Å². The van der Waals surface area contributed by atoms with E-state index in [1.807, 2.05) is 13.8 Å². The monoisotopic (exact) mass is 426 g/mol. The number of thiazole rings is 1. The van der Waals surface area contributed by atoms with Crippen LogP contribution in [0.2, 0.25) is 0 Å². The SMILES string of the molecule is CN=C(NCCc1nc(C)c(C)s1)NCC(C)(C)OC.I. The molecule has 0 unspecified atom stereocenters. The van der Waals surface area contributed by atoms with Crippen LogP contribution >= 0.6 is 35.3 Å². The van der Waals surface area contributed by atoms with E-state index in [4.69, 9.17) is 4.74 Å². The molecule has 0 fully saturated rings. The molecule has 1 heterocycles. The minimum absolute atomic E-state index is 0. The maximum absolute atomic E-state index is 5.37. The molecule has 0 saturated heterocycles. The van der Waals surface area contributed by atoms with Crippen LogP contribution in [0.15, 0.2) is 4.99 Å². The van der Waals surface area contributed by atoms with Gasteiger partial charge in [0.15, 0.2) is 5.96 Å². The largest absolute Gasteiger partial charge is 0.377 e. The molecule has 0 amide bonds. The quantitative estimate of drug-likeness (QED) is 0.417. The zero-order valence-corrected chi connectivity index (χ0v) is 16.9. The van der Waals surface area contributed by atoms with E-state index in [2.05, 4.69) is 34.5 Å². The van der Waals surface area contributed by atoms with Gasteiger partial charge in [-0.1, -0.05) is 0 Å². The first-order valence-electron chi connectivity index (χ1n) is 6.80. The van der Waals surface area contributed by atoms with Crippen LogP contribution in [-0.2, 0) is 11.2 Å². The van der Waals surface area contributed by atoms with E-state index in [1.54, 1.807) is 25.5 Å². The van der Waals surface area contributed by atoms with Crippen LogP contribution in [-0.4, -0.2) is 43.8 Å². The highest BCUT2D eigenvalue weighted by atomic mass is 127. The molecule has 0 aromatic carbocycles. The van der Waals surface area contributed by atoms with Crippen molar-refractivity contribution in [2.45, 2.75) is 39.7 Å². The van der Waals surface area contributed by atoms with Crippen molar-refractivity contribution in [1.82, 2.24) is 15.6 Å². The van der Waals surface area contributed by atoms with E-state index in [0.717, 1.165) is 24.6 Å². The van der Waals surface area contributed by atoms with Crippen molar-refractivity contribution < 1.29 is 4.74 Å². The molecule has 122 valence electrons. The number of methoxy groups -OCH3 is 1. The second kappa shape index (κ2) is 9.58. The summed E-state index contributed by atoms with van der Waals surface area (Å²) in [5.74, 6) is 0.792. The first kappa shape index (κ1) is 20.6. The number of aromatic nitrogens is 1. The van der Waals surface area contributed by atoms with E-state index in [9.17, 15) is 0 Å². The predicted octanol–water partition coefficient (Wildman–Crippen LogP) is 2.51. The summed E-state index contributed by atoms with van der Waals surface area (Å²) >= 11 is 1.76. The van der Waals surface area contributed by atoms with Crippen molar-refractivity contribution in [3.63, 3.8) is 0 Å². The topological polar surface area (TPSA) is 58.5 Å². The fraction of sp³-hybridized carbons (Fsp3) is 0.714. The van der Waals surface area contributed by atoms with Crippen molar-refractivity contribution >= 4 is 41.3 Å². The normalized spacial score (nSPS) is 12.0. The highest BCUT2D eigenvalue weighted by molar-refractivity contribution is 14.0. The summed E-state index contributed by atoms with van der Waals surface area (Å²) in [6.07, 6.45) is 0.910. The Labute approximate surface area is 149 Å². The molecule has 7 heteroatoms. The van der Waals surface area contributed by atoms with Gasteiger partial charge in [-0.2, -0.15) is 0 Å². The van der Waals surface area contributed by atoms with Gasteiger partial charge in [0.2, 0.25) is 0 Å². The van der Waals surface area contributed by atoms with E-state index in [0.29, 0.717) is 6.54 Å². The van der Waals surface area contributed by atoms with Crippen LogP contribution in [0, 0.1) is 13.8 Å². The number of nitrogens with one attached hydrogen (secondary N) is 2. The summed E-state index contributed by atoms with van der Waals surface area (Å²) in [4.78, 5) is 10.0. The Balaban J connectivity index is 0.00000400. The molecular formula is C14H27IN4OS. The lowest BCUT2D eigenvalue weighted by atomic mass is 10.1. The average molecular weight is 426 g/mol. The Morgan fingerprint density at radius 1 is 1.33 bits per heavy atom. The molecule has 2 N–H and O–H groups in total. The molecule has 5 nitrogen and oxygen atoms in total. The lowest BCUT2D eigenvalue weighted by Crippen LogP contribution is -2.45. The van der Waals surface area contributed by atoms with Crippen molar-refractivity contribution in [2.75, 3.05) is 27.2 Å². The number of halogens is 1. The van der Waals surface area contributed by atoms with Gasteiger partial charge in [-0.25, -0.2) is 4.98 Å². The van der Waals surface area contributed by atoms with Crippen LogP contribution in [0.3, 0.4) is 0 Å². The summed E-state index contributed by atoms with van der Waals surface area (Å²) < 4.78 is 5.37. The summed E-state index contributed by atoms with van der Waals surface area (Å²) in [6, 6.07) is 0. The number of rotatable bonds is 6. The fourth-order valence-corrected chi connectivity index (χ4v) is 2.46. The molecule has 0 radical (unpaired) electrons. The fourth-order valence-electron chi connectivity index (χ4n) is 1.52. The number of aliphatic imine (C=N–C) groups is 1. The van der Waals surface area contributed by atoms with Gasteiger partial charge in [0.25, 0.3) is 0 Å². The molecule has 0 atom stereocenters. The third-order valence-corrected chi connectivity index (χ3v) is 4.29. The number of hydrogen-bond donors (Lipinski definition) is 2. The van der Waals surface area contributed by atoms with Crippen LogP contribution < -0.4 is 10.6 Å². The van der Waals surface area contributed by atoms with Crippen LogP contribution in [0.1, 0.15) is 29.4 Å². The molecule has 1 rings (SSSR count). The zero-order valence-electron chi connectivity index (χ0n) is 13.7. The average Bonchev–Trinajstić information content (AvgIpc) is 2.72. The Bertz CT molecular complexity index is 440. The molecule has 0 spiro atoms. The molecule has 1 aromatic rings. The third kappa shape index (κ3) is 7.42. The first-order valence-corrected chi connectivity index (χ1v) is 7.62. The highest BCUT2D eigenvalue weighted by Crippen LogP contribution is 2.16. The highest BCUT2D eigenvalue weighted by Gasteiger charge is 2.16. The summed E-state index contributed by atoms with van der Waals surface area (Å²) in [5.41, 5.74) is 0.926. The van der Waals surface area contributed by atoms with Crippen molar-refractivity contribution in [2.24, 2.45) is 4.99 Å². The first-order chi connectivity index (χ1) is 9.38. The van der Waals surface area contributed by atoms with Gasteiger partial charge in [0.05, 0.1) is 16.3 Å². The van der Waals surface area contributed by atoms with Gasteiger partial charge in [0, 0.05) is 38.5 Å². The molecule has 0 aliphatic rings. The minimum atomic E-state index is -0.207. The molecule has 21 heavy (non-hydrogen) atoms. The Morgan fingerprint density at radius 3 is 2.48 bits per heavy atom. The zero-order chi connectivity index (χ0) is 15.2. The molecule has 0 aliphatic carbocycles. The number of guanidine groups is 1. The lowest BCUT2D eigenvalue weighted by Gasteiger charge is -2.24. The number of ether oxygens (including phenoxy) is 1. The maximum atomic E-state index is 5.37. The molecule has 1 aromatic heterocycles. The third-order valence-electron chi connectivity index (χ3n) is 3.16. The second-order valence-corrected chi connectivity index (χ2v) is 6.60. The molecule has 0 bridgehead atoms. The van der Waals surface area contributed by atoms with Crippen LogP contribution in [0.4, 0.5) is 0 Å². The van der Waals surface area contributed by atoms with Gasteiger partial charge in [-0.3, -0.25) is 4.99 Å². The Morgan fingerprint density at radius 2 is 2.00 bits per heavy atom. The maximum Gasteiger partial charge on any atom is 0.191 e. The number of nitrogens with zero attached hydrogens (tertiary/aromatic N) is 2. The van der Waals surface area contributed by atoms with Gasteiger partial charge < -0.3 is 15.4 Å². The standard InChI is InChI=1S/C14H26N4OS.HI/c1-10-11(2)20-12(18-10)7-8-16-13(15-5)17-9-14(3,4)19-6;/h7-9H2,1-6H3,(H2,15,16,17);1H. The van der Waals surface area contributed by atoms with Crippen molar-refractivity contribution in [3.8, 4) is 0 Å². The number of aryl methyl sites for hydroxylation is 2. The van der Waals surface area contributed by atoms with Crippen LogP contribution in [0.25, 0.3) is 0 Å². The van der Waals surface area contributed by atoms with Gasteiger partial charge in [-0.15, -0.1) is 35.3 Å². The molecule has 0 aliphatic heterocycles. The van der Waals surface area contributed by atoms with E-state index in [1.165, 1.54) is 9.88 Å². The smallest absolute Gasteiger partial charge is 0.191 e. The summed E-state index contributed by atoms with van der Waals surface area (Å²) in [5, 5.41) is 7.72. The minimum Gasteiger partial charge on any atom is -0.377 e. The number of hydrogen-bond acceptors (Lipinski definition) is 4. The van der Waals surface area contributed by atoms with Gasteiger partial charge in [-0.05, 0) is 27.7 Å². The second-order valence-electron chi connectivity index (χ2n) is 5.32. The molecular weight excluding hydrogens is 399 g/mol. The van der Waals surface area contributed by atoms with Crippen molar-refractivity contribution in [1.29, 1.82) is 0 Å². The lowest BCUT2D eigenvalue weighted by molar-refractivity contribution is 0.0268. The van der Waals surface area contributed by atoms with Crippen LogP contribution in [0.5, 0.6) is 0 Å². The Kier molecular flexibility index (Phi) is 9.39. The summed E-state index contributed by atoms with van der Waals surface area (Å²) in [6.45, 7) is 9.76. The Hall–Kier alpha value is -0.410. The predicted molar refractivity (Wildman–Crippen MR) is 101 cm³/mol. The van der Waals surface area contributed by atoms with E-state index >= 15 is 0 Å². The van der Waals surface area contributed by atoms with E-state index in [-0.39, 0.29) is 29.6 Å². The molecule has 0 saturated carbocycles. The summed E-state index contributed by atoms with van der Waals surface area (Å²) in [7, 11) is 3.48. The van der Waals surface area contributed by atoms with Gasteiger partial charge >= 0.3 is 0 Å². The van der Waals surface area contributed by atoms with Gasteiger partial charge in [0.1, 0.15) is 0 Å². The van der Waals surface area contributed by atoms with Crippen molar-refractivity contribution in [3.05, 3.63) is 15.6 Å².